The zero-order chi connectivity index (χ0) is 15.4. The van der Waals surface area contributed by atoms with Crippen molar-refractivity contribution < 1.29 is 9.21 Å². The van der Waals surface area contributed by atoms with E-state index >= 15 is 0 Å². The maximum absolute atomic E-state index is 12.1. The minimum Gasteiger partial charge on any atom is -0.446 e. The number of aromatic nitrogens is 1. The Morgan fingerprint density at radius 2 is 2.10 bits per heavy atom. The number of anilines is 1. The largest absolute Gasteiger partial charge is 0.446 e. The first-order valence-electron chi connectivity index (χ1n) is 6.79. The monoisotopic (exact) mass is 399 g/mol. The molecule has 21 heavy (non-hydrogen) atoms. The molecule has 1 aromatic carbocycles. The van der Waals surface area contributed by atoms with Crippen molar-refractivity contribution in [2.24, 2.45) is 11.7 Å². The van der Waals surface area contributed by atoms with E-state index in [-0.39, 0.29) is 23.6 Å². The van der Waals surface area contributed by atoms with Crippen molar-refractivity contribution in [3.63, 3.8) is 0 Å². The van der Waals surface area contributed by atoms with Crippen LogP contribution in [-0.4, -0.2) is 10.9 Å². The van der Waals surface area contributed by atoms with Gasteiger partial charge in [-0.1, -0.05) is 20.3 Å². The van der Waals surface area contributed by atoms with Crippen LogP contribution in [0.15, 0.2) is 34.9 Å². The highest BCUT2D eigenvalue weighted by molar-refractivity contribution is 14.1. The first kappa shape index (κ1) is 16.0. The van der Waals surface area contributed by atoms with E-state index < -0.39 is 0 Å². The van der Waals surface area contributed by atoms with Gasteiger partial charge in [-0.3, -0.25) is 4.79 Å². The molecule has 1 heterocycles. The molecule has 0 aliphatic rings. The molecule has 2 atom stereocenters. The van der Waals surface area contributed by atoms with Gasteiger partial charge in [0.05, 0.1) is 6.04 Å². The van der Waals surface area contributed by atoms with E-state index in [1.165, 1.54) is 6.26 Å². The van der Waals surface area contributed by atoms with Crippen LogP contribution in [0.1, 0.15) is 42.7 Å². The number of nitrogens with two attached hydrogens (primary N) is 1. The number of oxazole rings is 1. The van der Waals surface area contributed by atoms with E-state index in [2.05, 4.69) is 39.8 Å². The van der Waals surface area contributed by atoms with Crippen LogP contribution in [0.25, 0.3) is 0 Å². The molecule has 1 aromatic heterocycles. The van der Waals surface area contributed by atoms with E-state index in [0.717, 1.165) is 15.7 Å². The fourth-order valence-corrected chi connectivity index (χ4v) is 2.13. The summed E-state index contributed by atoms with van der Waals surface area (Å²) in [6, 6.07) is 7.22. The SMILES string of the molecule is CCC(C)C(N)c1nc(C(=O)Nc2ccc(I)cc2)co1. The molecule has 0 saturated heterocycles. The molecule has 0 fully saturated rings. The summed E-state index contributed by atoms with van der Waals surface area (Å²) in [5.74, 6) is 0.343. The topological polar surface area (TPSA) is 81.1 Å². The van der Waals surface area contributed by atoms with Gasteiger partial charge in [0, 0.05) is 9.26 Å². The Hall–Kier alpha value is -1.41. The lowest BCUT2D eigenvalue weighted by atomic mass is 10.0. The first-order valence-corrected chi connectivity index (χ1v) is 7.87. The summed E-state index contributed by atoms with van der Waals surface area (Å²) in [6.45, 7) is 4.08. The van der Waals surface area contributed by atoms with Crippen molar-refractivity contribution in [2.45, 2.75) is 26.3 Å². The summed E-state index contributed by atoms with van der Waals surface area (Å²) >= 11 is 2.21. The molecule has 0 radical (unpaired) electrons. The minimum absolute atomic E-state index is 0.238. The van der Waals surface area contributed by atoms with Gasteiger partial charge in [-0.25, -0.2) is 4.98 Å². The van der Waals surface area contributed by atoms with Gasteiger partial charge in [-0.2, -0.15) is 0 Å². The summed E-state index contributed by atoms with van der Waals surface area (Å²) in [5, 5.41) is 2.78. The molecular formula is C15H18IN3O2. The third kappa shape index (κ3) is 4.04. The molecule has 5 nitrogen and oxygen atoms in total. The first-order chi connectivity index (χ1) is 10.0. The van der Waals surface area contributed by atoms with Gasteiger partial charge >= 0.3 is 0 Å². The molecule has 112 valence electrons. The third-order valence-electron chi connectivity index (χ3n) is 3.40. The molecule has 0 bridgehead atoms. The Morgan fingerprint density at radius 3 is 2.71 bits per heavy atom. The Labute approximate surface area is 137 Å². The zero-order valence-electron chi connectivity index (χ0n) is 12.0. The normalized spacial score (nSPS) is 13.7. The van der Waals surface area contributed by atoms with Crippen LogP contribution in [0.5, 0.6) is 0 Å². The van der Waals surface area contributed by atoms with E-state index in [0.29, 0.717) is 5.89 Å². The lowest BCUT2D eigenvalue weighted by Gasteiger charge is -2.13. The van der Waals surface area contributed by atoms with Gasteiger partial charge in [-0.15, -0.1) is 0 Å². The van der Waals surface area contributed by atoms with Crippen molar-refractivity contribution in [2.75, 3.05) is 5.32 Å². The Kier molecular flexibility index (Phi) is 5.35. The fraction of sp³-hybridized carbons (Fsp3) is 0.333. The van der Waals surface area contributed by atoms with Crippen molar-refractivity contribution in [3.05, 3.63) is 45.7 Å². The van der Waals surface area contributed by atoms with Crippen molar-refractivity contribution in [3.8, 4) is 0 Å². The third-order valence-corrected chi connectivity index (χ3v) is 4.12. The lowest BCUT2D eigenvalue weighted by molar-refractivity contribution is 0.102. The molecule has 6 heteroatoms. The van der Waals surface area contributed by atoms with Gasteiger partial charge in [0.1, 0.15) is 6.26 Å². The predicted molar refractivity (Wildman–Crippen MR) is 90.0 cm³/mol. The molecule has 2 rings (SSSR count). The van der Waals surface area contributed by atoms with E-state index in [4.69, 9.17) is 10.2 Å². The summed E-state index contributed by atoms with van der Waals surface area (Å²) in [4.78, 5) is 16.3. The molecule has 2 aromatic rings. The fourth-order valence-electron chi connectivity index (χ4n) is 1.77. The van der Waals surface area contributed by atoms with Crippen LogP contribution in [0.4, 0.5) is 5.69 Å². The highest BCUT2D eigenvalue weighted by atomic mass is 127. The van der Waals surface area contributed by atoms with Crippen LogP contribution in [0.3, 0.4) is 0 Å². The summed E-state index contributed by atoms with van der Waals surface area (Å²) < 4.78 is 6.43. The number of hydrogen-bond acceptors (Lipinski definition) is 4. The molecule has 0 saturated carbocycles. The van der Waals surface area contributed by atoms with Crippen molar-refractivity contribution in [1.82, 2.24) is 4.98 Å². The smallest absolute Gasteiger partial charge is 0.277 e. The van der Waals surface area contributed by atoms with Gasteiger partial charge in [0.2, 0.25) is 5.89 Å². The van der Waals surface area contributed by atoms with Crippen LogP contribution in [0.2, 0.25) is 0 Å². The van der Waals surface area contributed by atoms with Crippen molar-refractivity contribution >= 4 is 34.2 Å². The van der Waals surface area contributed by atoms with Gasteiger partial charge in [0.25, 0.3) is 5.91 Å². The average molecular weight is 399 g/mol. The number of carbonyl (C=O) groups is 1. The molecule has 0 aliphatic carbocycles. The molecular weight excluding hydrogens is 381 g/mol. The van der Waals surface area contributed by atoms with Crippen LogP contribution in [0, 0.1) is 9.49 Å². The molecule has 0 spiro atoms. The standard InChI is InChI=1S/C15H18IN3O2/c1-3-9(2)13(17)15-19-12(8-21-15)14(20)18-11-6-4-10(16)5-7-11/h4-9,13H,3,17H2,1-2H3,(H,18,20). The predicted octanol–water partition coefficient (Wildman–Crippen LogP) is 3.58. The highest BCUT2D eigenvalue weighted by Crippen LogP contribution is 2.21. The number of nitrogens with one attached hydrogen (secondary N) is 1. The number of benzene rings is 1. The van der Waals surface area contributed by atoms with Gasteiger partial charge in [0.15, 0.2) is 5.69 Å². The van der Waals surface area contributed by atoms with Crippen LogP contribution >= 0.6 is 22.6 Å². The lowest BCUT2D eigenvalue weighted by Crippen LogP contribution is -2.19. The number of halogens is 1. The Bertz CT molecular complexity index is 610. The second kappa shape index (κ2) is 7.04. The quantitative estimate of drug-likeness (QED) is 0.754. The van der Waals surface area contributed by atoms with E-state index in [1.54, 1.807) is 0 Å². The van der Waals surface area contributed by atoms with E-state index in [1.807, 2.05) is 31.2 Å². The summed E-state index contributed by atoms with van der Waals surface area (Å²) in [6.07, 6.45) is 2.27. The maximum Gasteiger partial charge on any atom is 0.277 e. The summed E-state index contributed by atoms with van der Waals surface area (Å²) in [7, 11) is 0. The van der Waals surface area contributed by atoms with Crippen LogP contribution in [-0.2, 0) is 0 Å². The van der Waals surface area contributed by atoms with Gasteiger partial charge < -0.3 is 15.5 Å². The average Bonchev–Trinajstić information content (AvgIpc) is 2.98. The number of amides is 1. The minimum atomic E-state index is -0.303. The Morgan fingerprint density at radius 1 is 1.43 bits per heavy atom. The van der Waals surface area contributed by atoms with Crippen LogP contribution < -0.4 is 11.1 Å². The molecule has 0 aliphatic heterocycles. The number of nitrogens with zero attached hydrogens (tertiary/aromatic N) is 1. The molecule has 3 N–H and O–H groups in total. The molecule has 1 amide bonds. The molecule has 2 unspecified atom stereocenters. The number of rotatable bonds is 5. The highest BCUT2D eigenvalue weighted by Gasteiger charge is 2.20. The van der Waals surface area contributed by atoms with Crippen molar-refractivity contribution in [1.29, 1.82) is 0 Å². The second-order valence-corrected chi connectivity index (χ2v) is 6.19. The van der Waals surface area contributed by atoms with E-state index in [9.17, 15) is 4.79 Å². The Balaban J connectivity index is 2.06. The maximum atomic E-state index is 12.1. The number of carbonyl (C=O) groups excluding carboxylic acids is 1. The van der Waals surface area contributed by atoms with Gasteiger partial charge in [-0.05, 0) is 52.8 Å². The number of hydrogen-bond donors (Lipinski definition) is 2. The second-order valence-electron chi connectivity index (χ2n) is 4.94. The summed E-state index contributed by atoms with van der Waals surface area (Å²) in [5.41, 5.74) is 7.00. The zero-order valence-corrected chi connectivity index (χ0v) is 14.1.